The SMILES string of the molecule is COc1cccc(Sc2cnn(C)c2)c1C(C)=O. The fourth-order valence-electron chi connectivity index (χ4n) is 1.69. The minimum Gasteiger partial charge on any atom is -0.496 e. The summed E-state index contributed by atoms with van der Waals surface area (Å²) in [5.41, 5.74) is 0.619. The van der Waals surface area contributed by atoms with Crippen LogP contribution in [0.1, 0.15) is 17.3 Å². The number of carbonyl (C=O) groups is 1. The standard InChI is InChI=1S/C13H14N2O2S/c1-9(16)13-11(17-3)5-4-6-12(13)18-10-7-14-15(2)8-10/h4-8H,1-3H3. The second-order valence-electron chi connectivity index (χ2n) is 3.84. The van der Waals surface area contributed by atoms with Gasteiger partial charge in [0.05, 0.1) is 23.8 Å². The van der Waals surface area contributed by atoms with Crippen LogP contribution < -0.4 is 4.74 Å². The normalized spacial score (nSPS) is 10.4. The van der Waals surface area contributed by atoms with Gasteiger partial charge in [-0.15, -0.1) is 0 Å². The molecule has 0 saturated carbocycles. The number of aromatic nitrogens is 2. The maximum Gasteiger partial charge on any atom is 0.164 e. The summed E-state index contributed by atoms with van der Waals surface area (Å²) in [6, 6.07) is 5.59. The third-order valence-corrected chi connectivity index (χ3v) is 3.48. The number of aryl methyl sites for hydroxylation is 1. The summed E-state index contributed by atoms with van der Waals surface area (Å²) in [6.45, 7) is 1.55. The van der Waals surface area contributed by atoms with Crippen molar-refractivity contribution in [2.75, 3.05) is 7.11 Å². The van der Waals surface area contributed by atoms with Gasteiger partial charge in [-0.25, -0.2) is 0 Å². The van der Waals surface area contributed by atoms with Gasteiger partial charge in [0.1, 0.15) is 5.75 Å². The summed E-state index contributed by atoms with van der Waals surface area (Å²) in [7, 11) is 3.43. The molecule has 2 aromatic rings. The van der Waals surface area contributed by atoms with Crippen LogP contribution in [0.15, 0.2) is 40.4 Å². The van der Waals surface area contributed by atoms with E-state index in [1.807, 2.05) is 25.4 Å². The Kier molecular flexibility index (Phi) is 3.72. The monoisotopic (exact) mass is 262 g/mol. The van der Waals surface area contributed by atoms with E-state index in [0.29, 0.717) is 11.3 Å². The molecule has 18 heavy (non-hydrogen) atoms. The zero-order valence-corrected chi connectivity index (χ0v) is 11.3. The van der Waals surface area contributed by atoms with E-state index in [9.17, 15) is 4.79 Å². The zero-order chi connectivity index (χ0) is 13.1. The molecule has 2 rings (SSSR count). The number of rotatable bonds is 4. The molecule has 0 amide bonds. The largest absolute Gasteiger partial charge is 0.496 e. The lowest BCUT2D eigenvalue weighted by Gasteiger charge is -2.10. The van der Waals surface area contributed by atoms with Crippen LogP contribution in [-0.2, 0) is 7.05 Å². The minimum absolute atomic E-state index is 0.00107. The number of Topliss-reactive ketones (excluding diaryl/α,β-unsaturated/α-hetero) is 1. The van der Waals surface area contributed by atoms with Crippen LogP contribution in [0.3, 0.4) is 0 Å². The van der Waals surface area contributed by atoms with Crippen molar-refractivity contribution in [2.24, 2.45) is 7.05 Å². The fraction of sp³-hybridized carbons (Fsp3) is 0.231. The van der Waals surface area contributed by atoms with Gasteiger partial charge in [-0.05, 0) is 19.1 Å². The van der Waals surface area contributed by atoms with Gasteiger partial charge in [-0.3, -0.25) is 9.48 Å². The summed E-state index contributed by atoms with van der Waals surface area (Å²) in [4.78, 5) is 13.6. The molecule has 0 bridgehead atoms. The van der Waals surface area contributed by atoms with Crippen molar-refractivity contribution in [1.29, 1.82) is 0 Å². The molecule has 94 valence electrons. The number of ketones is 1. The first kappa shape index (κ1) is 12.7. The Hall–Kier alpha value is -1.75. The van der Waals surface area contributed by atoms with Crippen LogP contribution in [-0.4, -0.2) is 22.7 Å². The Labute approximate surface area is 110 Å². The maximum absolute atomic E-state index is 11.7. The van der Waals surface area contributed by atoms with Crippen LogP contribution in [0.25, 0.3) is 0 Å². The number of methoxy groups -OCH3 is 1. The van der Waals surface area contributed by atoms with Gasteiger partial charge in [-0.1, -0.05) is 17.8 Å². The third-order valence-electron chi connectivity index (χ3n) is 2.47. The first-order valence-electron chi connectivity index (χ1n) is 5.46. The molecule has 1 aromatic carbocycles. The Bertz CT molecular complexity index is 578. The van der Waals surface area contributed by atoms with E-state index in [-0.39, 0.29) is 5.78 Å². The predicted molar refractivity (Wildman–Crippen MR) is 70.3 cm³/mol. The molecule has 0 N–H and O–H groups in total. The number of benzene rings is 1. The molecule has 0 spiro atoms. The van der Waals surface area contributed by atoms with Crippen LogP contribution in [0.2, 0.25) is 0 Å². The van der Waals surface area contributed by atoms with Crippen molar-refractivity contribution in [3.63, 3.8) is 0 Å². The van der Waals surface area contributed by atoms with Crippen molar-refractivity contribution >= 4 is 17.5 Å². The molecule has 0 saturated heterocycles. The van der Waals surface area contributed by atoms with Gasteiger partial charge < -0.3 is 4.74 Å². The highest BCUT2D eigenvalue weighted by molar-refractivity contribution is 7.99. The minimum atomic E-state index is -0.00107. The van der Waals surface area contributed by atoms with Gasteiger partial charge >= 0.3 is 0 Å². The molecular formula is C13H14N2O2S. The highest BCUT2D eigenvalue weighted by Gasteiger charge is 2.14. The van der Waals surface area contributed by atoms with Crippen molar-refractivity contribution < 1.29 is 9.53 Å². The molecular weight excluding hydrogens is 248 g/mol. The smallest absolute Gasteiger partial charge is 0.164 e. The lowest BCUT2D eigenvalue weighted by molar-refractivity contribution is 0.101. The van der Waals surface area contributed by atoms with Crippen LogP contribution in [0.5, 0.6) is 5.75 Å². The molecule has 0 fully saturated rings. The molecule has 5 heteroatoms. The molecule has 0 unspecified atom stereocenters. The average Bonchev–Trinajstić information content (AvgIpc) is 2.74. The van der Waals surface area contributed by atoms with E-state index in [1.165, 1.54) is 11.8 Å². The molecule has 4 nitrogen and oxygen atoms in total. The van der Waals surface area contributed by atoms with Gasteiger partial charge in [0.25, 0.3) is 0 Å². The third kappa shape index (κ3) is 2.56. The number of hydrogen-bond donors (Lipinski definition) is 0. The average molecular weight is 262 g/mol. The first-order valence-corrected chi connectivity index (χ1v) is 6.28. The van der Waals surface area contributed by atoms with Crippen molar-refractivity contribution in [2.45, 2.75) is 16.7 Å². The number of hydrogen-bond acceptors (Lipinski definition) is 4. The highest BCUT2D eigenvalue weighted by atomic mass is 32.2. The van der Waals surface area contributed by atoms with Crippen LogP contribution in [0, 0.1) is 0 Å². The highest BCUT2D eigenvalue weighted by Crippen LogP contribution is 2.34. The number of carbonyl (C=O) groups excluding carboxylic acids is 1. The van der Waals surface area contributed by atoms with Gasteiger partial charge in [0.15, 0.2) is 5.78 Å². The summed E-state index contributed by atoms with van der Waals surface area (Å²) in [6.07, 6.45) is 3.68. The maximum atomic E-state index is 11.7. The summed E-state index contributed by atoms with van der Waals surface area (Å²) >= 11 is 1.51. The lowest BCUT2D eigenvalue weighted by Crippen LogP contribution is -1.99. The summed E-state index contributed by atoms with van der Waals surface area (Å²) in [5.74, 6) is 0.607. The Morgan fingerprint density at radius 1 is 1.44 bits per heavy atom. The van der Waals surface area contributed by atoms with Gasteiger partial charge in [-0.2, -0.15) is 5.10 Å². The lowest BCUT2D eigenvalue weighted by atomic mass is 10.1. The Morgan fingerprint density at radius 3 is 2.78 bits per heavy atom. The molecule has 1 heterocycles. The molecule has 0 aliphatic rings. The van der Waals surface area contributed by atoms with E-state index in [0.717, 1.165) is 9.79 Å². The summed E-state index contributed by atoms with van der Waals surface area (Å²) in [5, 5.41) is 4.11. The Morgan fingerprint density at radius 2 is 2.22 bits per heavy atom. The van der Waals surface area contributed by atoms with Gasteiger partial charge in [0, 0.05) is 18.1 Å². The van der Waals surface area contributed by atoms with Crippen LogP contribution >= 0.6 is 11.8 Å². The molecule has 0 radical (unpaired) electrons. The fourth-order valence-corrected chi connectivity index (χ4v) is 2.74. The predicted octanol–water partition coefficient (Wildman–Crippen LogP) is 2.78. The molecule has 0 aliphatic heterocycles. The Balaban J connectivity index is 2.41. The van der Waals surface area contributed by atoms with E-state index in [4.69, 9.17) is 4.74 Å². The van der Waals surface area contributed by atoms with Crippen molar-refractivity contribution in [1.82, 2.24) is 9.78 Å². The quantitative estimate of drug-likeness (QED) is 0.795. The molecule has 0 aliphatic carbocycles. The van der Waals surface area contributed by atoms with E-state index in [1.54, 1.807) is 31.0 Å². The summed E-state index contributed by atoms with van der Waals surface area (Å²) < 4.78 is 6.97. The first-order chi connectivity index (χ1) is 8.61. The molecule has 1 aromatic heterocycles. The molecule has 0 atom stereocenters. The second-order valence-corrected chi connectivity index (χ2v) is 4.96. The number of nitrogens with zero attached hydrogens (tertiary/aromatic N) is 2. The van der Waals surface area contributed by atoms with Crippen molar-refractivity contribution in [3.8, 4) is 5.75 Å². The van der Waals surface area contributed by atoms with E-state index < -0.39 is 0 Å². The van der Waals surface area contributed by atoms with Gasteiger partial charge in [0.2, 0.25) is 0 Å². The number of ether oxygens (including phenoxy) is 1. The van der Waals surface area contributed by atoms with Crippen LogP contribution in [0.4, 0.5) is 0 Å². The van der Waals surface area contributed by atoms with E-state index >= 15 is 0 Å². The second kappa shape index (κ2) is 5.27. The van der Waals surface area contributed by atoms with Crippen molar-refractivity contribution in [3.05, 3.63) is 36.2 Å². The zero-order valence-electron chi connectivity index (χ0n) is 10.5. The van der Waals surface area contributed by atoms with E-state index in [2.05, 4.69) is 5.10 Å². The topological polar surface area (TPSA) is 44.1 Å².